The maximum atomic E-state index is 13.7. The highest BCUT2D eigenvalue weighted by atomic mass is 35.5. The van der Waals surface area contributed by atoms with Gasteiger partial charge in [-0.2, -0.15) is 0 Å². The fourth-order valence-corrected chi connectivity index (χ4v) is 2.58. The van der Waals surface area contributed by atoms with Crippen LogP contribution in [0.3, 0.4) is 0 Å². The summed E-state index contributed by atoms with van der Waals surface area (Å²) in [7, 11) is 0. The van der Waals surface area contributed by atoms with Crippen LogP contribution in [0.25, 0.3) is 0 Å². The summed E-state index contributed by atoms with van der Waals surface area (Å²) in [5.41, 5.74) is 8.48. The van der Waals surface area contributed by atoms with Gasteiger partial charge in [-0.15, -0.1) is 0 Å². The third-order valence-electron chi connectivity index (χ3n) is 3.44. The summed E-state index contributed by atoms with van der Waals surface area (Å²) in [5.74, 6) is 0.635. The molecule has 0 aromatic heterocycles. The Labute approximate surface area is 129 Å². The summed E-state index contributed by atoms with van der Waals surface area (Å²) in [6, 6.07) is 8.41. The lowest BCUT2D eigenvalue weighted by Gasteiger charge is -2.15. The van der Waals surface area contributed by atoms with Gasteiger partial charge in [0, 0.05) is 16.3 Å². The molecule has 0 fully saturated rings. The van der Waals surface area contributed by atoms with E-state index in [1.165, 1.54) is 6.07 Å². The van der Waals surface area contributed by atoms with Crippen LogP contribution >= 0.6 is 11.6 Å². The largest absolute Gasteiger partial charge is 0.488 e. The van der Waals surface area contributed by atoms with Gasteiger partial charge in [-0.3, -0.25) is 0 Å². The molecule has 0 spiro atoms. The summed E-state index contributed by atoms with van der Waals surface area (Å²) < 4.78 is 19.5. The maximum absolute atomic E-state index is 13.7. The van der Waals surface area contributed by atoms with Crippen molar-refractivity contribution in [2.75, 3.05) is 5.73 Å². The number of rotatable bonds is 4. The summed E-state index contributed by atoms with van der Waals surface area (Å²) in [5, 5.41) is 0.722. The van der Waals surface area contributed by atoms with Gasteiger partial charge in [-0.1, -0.05) is 31.5 Å². The average molecular weight is 308 g/mol. The maximum Gasteiger partial charge on any atom is 0.131 e. The van der Waals surface area contributed by atoms with Crippen LogP contribution in [0.15, 0.2) is 30.3 Å². The Hall–Kier alpha value is -1.74. The molecule has 0 atom stereocenters. The third-order valence-corrected chi connectivity index (χ3v) is 3.77. The first-order valence-corrected chi connectivity index (χ1v) is 7.23. The number of ether oxygens (including phenoxy) is 1. The average Bonchev–Trinajstić information content (AvgIpc) is 2.39. The van der Waals surface area contributed by atoms with Crippen LogP contribution < -0.4 is 10.5 Å². The van der Waals surface area contributed by atoms with Gasteiger partial charge in [0.1, 0.15) is 18.2 Å². The van der Waals surface area contributed by atoms with Gasteiger partial charge in [-0.25, -0.2) is 4.39 Å². The van der Waals surface area contributed by atoms with Gasteiger partial charge in [0.15, 0.2) is 0 Å². The Morgan fingerprint density at radius 2 is 2.00 bits per heavy atom. The van der Waals surface area contributed by atoms with Crippen molar-refractivity contribution in [2.45, 2.75) is 33.3 Å². The predicted octanol–water partition coefficient (Wildman–Crippen LogP) is 5.07. The summed E-state index contributed by atoms with van der Waals surface area (Å²) in [6.45, 7) is 6.14. The fraction of sp³-hybridized carbons (Fsp3) is 0.294. The zero-order valence-corrected chi connectivity index (χ0v) is 13.2. The number of hydrogen-bond acceptors (Lipinski definition) is 2. The van der Waals surface area contributed by atoms with Crippen LogP contribution in [0.1, 0.15) is 36.5 Å². The van der Waals surface area contributed by atoms with Crippen molar-refractivity contribution in [2.24, 2.45) is 0 Å². The zero-order valence-electron chi connectivity index (χ0n) is 12.4. The van der Waals surface area contributed by atoms with Crippen LogP contribution in [0.2, 0.25) is 5.02 Å². The van der Waals surface area contributed by atoms with Crippen molar-refractivity contribution in [3.8, 4) is 5.75 Å². The van der Waals surface area contributed by atoms with Crippen LogP contribution in [0.4, 0.5) is 10.1 Å². The highest BCUT2D eigenvalue weighted by Gasteiger charge is 2.12. The number of anilines is 1. The normalized spacial score (nSPS) is 11.0. The second-order valence-electron chi connectivity index (χ2n) is 5.39. The van der Waals surface area contributed by atoms with Crippen molar-refractivity contribution in [1.29, 1.82) is 0 Å². The first-order chi connectivity index (χ1) is 9.90. The monoisotopic (exact) mass is 307 g/mol. The van der Waals surface area contributed by atoms with Crippen LogP contribution in [-0.2, 0) is 6.61 Å². The predicted molar refractivity (Wildman–Crippen MR) is 85.4 cm³/mol. The molecule has 0 amide bonds. The number of benzene rings is 2. The van der Waals surface area contributed by atoms with Gasteiger partial charge in [0.05, 0.1) is 0 Å². The van der Waals surface area contributed by atoms with E-state index in [0.717, 1.165) is 16.1 Å². The van der Waals surface area contributed by atoms with Crippen LogP contribution in [-0.4, -0.2) is 0 Å². The SMILES string of the molecule is Cc1cc(Cl)c(C(C)C)cc1OCc1c(N)cccc1F. The van der Waals surface area contributed by atoms with E-state index in [4.69, 9.17) is 22.1 Å². The van der Waals surface area contributed by atoms with E-state index in [1.807, 2.05) is 19.1 Å². The molecule has 112 valence electrons. The molecule has 0 heterocycles. The van der Waals surface area contributed by atoms with E-state index < -0.39 is 0 Å². The number of nitrogens with two attached hydrogens (primary N) is 1. The summed E-state index contributed by atoms with van der Waals surface area (Å²) in [6.07, 6.45) is 0. The quantitative estimate of drug-likeness (QED) is 0.800. The van der Waals surface area contributed by atoms with Crippen molar-refractivity contribution in [1.82, 2.24) is 0 Å². The van der Waals surface area contributed by atoms with Crippen molar-refractivity contribution >= 4 is 17.3 Å². The lowest BCUT2D eigenvalue weighted by Crippen LogP contribution is -2.04. The molecule has 0 saturated heterocycles. The molecule has 2 nitrogen and oxygen atoms in total. The van der Waals surface area contributed by atoms with Crippen LogP contribution in [0, 0.1) is 12.7 Å². The highest BCUT2D eigenvalue weighted by molar-refractivity contribution is 6.31. The smallest absolute Gasteiger partial charge is 0.131 e. The number of aryl methyl sites for hydroxylation is 1. The molecule has 2 aromatic carbocycles. The molecule has 2 N–H and O–H groups in total. The lowest BCUT2D eigenvalue weighted by atomic mass is 10.0. The lowest BCUT2D eigenvalue weighted by molar-refractivity contribution is 0.298. The molecule has 2 aromatic rings. The molecule has 0 unspecified atom stereocenters. The molecule has 0 saturated carbocycles. The topological polar surface area (TPSA) is 35.2 Å². The molecular weight excluding hydrogens is 289 g/mol. The Bertz CT molecular complexity index is 635. The van der Waals surface area contributed by atoms with E-state index in [0.29, 0.717) is 22.9 Å². The first-order valence-electron chi connectivity index (χ1n) is 6.86. The minimum Gasteiger partial charge on any atom is -0.488 e. The Morgan fingerprint density at radius 3 is 2.62 bits per heavy atom. The van der Waals surface area contributed by atoms with Gasteiger partial charge < -0.3 is 10.5 Å². The molecule has 2 rings (SSSR count). The second-order valence-corrected chi connectivity index (χ2v) is 5.80. The minimum absolute atomic E-state index is 0.0957. The highest BCUT2D eigenvalue weighted by Crippen LogP contribution is 2.32. The second kappa shape index (κ2) is 6.35. The number of halogens is 2. The number of hydrogen-bond donors (Lipinski definition) is 1. The molecule has 0 radical (unpaired) electrons. The minimum atomic E-state index is -0.356. The first kappa shape index (κ1) is 15.6. The van der Waals surface area contributed by atoms with E-state index in [1.54, 1.807) is 12.1 Å². The van der Waals surface area contributed by atoms with E-state index in [-0.39, 0.29) is 12.4 Å². The van der Waals surface area contributed by atoms with E-state index in [9.17, 15) is 4.39 Å². The molecule has 0 aliphatic rings. The Balaban J connectivity index is 2.26. The molecule has 21 heavy (non-hydrogen) atoms. The third kappa shape index (κ3) is 3.48. The van der Waals surface area contributed by atoms with Crippen molar-refractivity contribution in [3.63, 3.8) is 0 Å². The van der Waals surface area contributed by atoms with Crippen molar-refractivity contribution < 1.29 is 9.13 Å². The zero-order chi connectivity index (χ0) is 15.6. The molecule has 0 aliphatic heterocycles. The molecular formula is C17H19ClFNO. The van der Waals surface area contributed by atoms with Gasteiger partial charge in [0.2, 0.25) is 0 Å². The van der Waals surface area contributed by atoms with Crippen LogP contribution in [0.5, 0.6) is 5.75 Å². The standard InChI is InChI=1S/C17H19ClFNO/c1-10(2)12-8-17(11(3)7-14(12)18)21-9-13-15(19)5-4-6-16(13)20/h4-8,10H,9,20H2,1-3H3. The van der Waals surface area contributed by atoms with Gasteiger partial charge >= 0.3 is 0 Å². The van der Waals surface area contributed by atoms with E-state index >= 15 is 0 Å². The Kier molecular flexibility index (Phi) is 4.73. The van der Waals surface area contributed by atoms with Gasteiger partial charge in [0.25, 0.3) is 0 Å². The summed E-state index contributed by atoms with van der Waals surface area (Å²) >= 11 is 6.23. The molecule has 0 aliphatic carbocycles. The van der Waals surface area contributed by atoms with Gasteiger partial charge in [-0.05, 0) is 48.2 Å². The number of nitrogen functional groups attached to an aromatic ring is 1. The summed E-state index contributed by atoms with van der Waals surface area (Å²) in [4.78, 5) is 0. The van der Waals surface area contributed by atoms with E-state index in [2.05, 4.69) is 13.8 Å². The molecule has 0 bridgehead atoms. The molecule has 4 heteroatoms. The van der Waals surface area contributed by atoms with Crippen molar-refractivity contribution in [3.05, 3.63) is 57.9 Å². The fourth-order valence-electron chi connectivity index (χ4n) is 2.14. The Morgan fingerprint density at radius 1 is 1.29 bits per heavy atom.